The first-order chi connectivity index (χ1) is 4.68. The minimum absolute atomic E-state index is 0.265. The molecule has 0 aliphatic carbocycles. The van der Waals surface area contributed by atoms with Gasteiger partial charge in [-0.15, -0.1) is 0 Å². The van der Waals surface area contributed by atoms with Gasteiger partial charge in [0.2, 0.25) is 0 Å². The van der Waals surface area contributed by atoms with Crippen LogP contribution in [0.15, 0.2) is 0 Å². The highest BCUT2D eigenvalue weighted by atomic mass is 16.4. The molecule has 10 heavy (non-hydrogen) atoms. The van der Waals surface area contributed by atoms with Gasteiger partial charge < -0.3 is 10.8 Å². The molecule has 0 saturated heterocycles. The summed E-state index contributed by atoms with van der Waals surface area (Å²) >= 11 is 0. The van der Waals surface area contributed by atoms with Crippen molar-refractivity contribution in [3.8, 4) is 0 Å². The Hall–Kier alpha value is -0.900. The molecule has 1 radical (unpaired) electrons. The number of carbonyl (C=O) groups excluding carboxylic acids is 1. The van der Waals surface area contributed by atoms with Gasteiger partial charge in [-0.3, -0.25) is 9.59 Å². The lowest BCUT2D eigenvalue weighted by Gasteiger charge is -2.01. The van der Waals surface area contributed by atoms with Crippen LogP contribution in [0.3, 0.4) is 0 Å². The van der Waals surface area contributed by atoms with E-state index in [2.05, 4.69) is 0 Å². The van der Waals surface area contributed by atoms with E-state index in [9.17, 15) is 9.59 Å². The summed E-state index contributed by atoms with van der Waals surface area (Å²) in [7, 11) is 0. The average molecular weight is 144 g/mol. The summed E-state index contributed by atoms with van der Waals surface area (Å²) in [6, 6.07) is -0.839. The summed E-state index contributed by atoms with van der Waals surface area (Å²) in [5, 5.41) is 8.26. The van der Waals surface area contributed by atoms with Gasteiger partial charge in [-0.1, -0.05) is 0 Å². The largest absolute Gasteiger partial charge is 0.480 e. The SMILES string of the molecule is N[C@H](CCC[C]=O)C(=O)O. The van der Waals surface area contributed by atoms with Gasteiger partial charge in [-0.05, 0) is 12.8 Å². The number of carboxylic acid groups (broad SMARTS) is 1. The number of nitrogens with two attached hydrogens (primary N) is 1. The van der Waals surface area contributed by atoms with Gasteiger partial charge in [0.05, 0.1) is 0 Å². The molecule has 0 bridgehead atoms. The molecule has 3 N–H and O–H groups in total. The molecule has 0 spiro atoms. The zero-order chi connectivity index (χ0) is 7.98. The maximum Gasteiger partial charge on any atom is 0.320 e. The second kappa shape index (κ2) is 4.93. The van der Waals surface area contributed by atoms with Crippen molar-refractivity contribution in [3.05, 3.63) is 0 Å². The monoisotopic (exact) mass is 144 g/mol. The van der Waals surface area contributed by atoms with Crippen molar-refractivity contribution in [2.24, 2.45) is 5.73 Å². The normalized spacial score (nSPS) is 12.5. The predicted octanol–water partition coefficient (Wildman–Crippen LogP) is -0.322. The van der Waals surface area contributed by atoms with Crippen LogP contribution in [0.5, 0.6) is 0 Å². The third-order valence-corrected chi connectivity index (χ3v) is 1.11. The zero-order valence-electron chi connectivity index (χ0n) is 5.54. The minimum Gasteiger partial charge on any atom is -0.480 e. The summed E-state index contributed by atoms with van der Waals surface area (Å²) < 4.78 is 0. The van der Waals surface area contributed by atoms with Crippen molar-refractivity contribution in [1.82, 2.24) is 0 Å². The summed E-state index contributed by atoms with van der Waals surface area (Å²) in [4.78, 5) is 19.7. The fourth-order valence-electron chi connectivity index (χ4n) is 0.518. The van der Waals surface area contributed by atoms with Crippen molar-refractivity contribution in [2.45, 2.75) is 25.3 Å². The van der Waals surface area contributed by atoms with E-state index < -0.39 is 12.0 Å². The van der Waals surface area contributed by atoms with Gasteiger partial charge in [-0.2, -0.15) is 0 Å². The lowest BCUT2D eigenvalue weighted by Crippen LogP contribution is -2.29. The first-order valence-corrected chi connectivity index (χ1v) is 3.02. The zero-order valence-corrected chi connectivity index (χ0v) is 5.54. The van der Waals surface area contributed by atoms with E-state index in [4.69, 9.17) is 10.8 Å². The van der Waals surface area contributed by atoms with Gasteiger partial charge in [0.25, 0.3) is 0 Å². The van der Waals surface area contributed by atoms with E-state index in [0.29, 0.717) is 12.8 Å². The molecule has 0 fully saturated rings. The van der Waals surface area contributed by atoms with Crippen LogP contribution in [-0.2, 0) is 9.59 Å². The number of unbranched alkanes of at least 4 members (excludes halogenated alkanes) is 1. The lowest BCUT2D eigenvalue weighted by molar-refractivity contribution is -0.138. The van der Waals surface area contributed by atoms with Crippen LogP contribution in [0.1, 0.15) is 19.3 Å². The summed E-state index contributed by atoms with van der Waals surface area (Å²) in [6.07, 6.45) is 2.76. The Balaban J connectivity index is 3.30. The molecular weight excluding hydrogens is 134 g/mol. The number of carboxylic acids is 1. The number of aliphatic carboxylic acids is 1. The highest BCUT2D eigenvalue weighted by Gasteiger charge is 2.09. The topological polar surface area (TPSA) is 80.4 Å². The van der Waals surface area contributed by atoms with Crippen molar-refractivity contribution in [2.75, 3.05) is 0 Å². The molecule has 57 valence electrons. The third-order valence-electron chi connectivity index (χ3n) is 1.11. The van der Waals surface area contributed by atoms with Gasteiger partial charge in [0.15, 0.2) is 6.29 Å². The van der Waals surface area contributed by atoms with E-state index in [-0.39, 0.29) is 6.42 Å². The van der Waals surface area contributed by atoms with Crippen LogP contribution in [-0.4, -0.2) is 23.4 Å². The molecule has 0 saturated carbocycles. The van der Waals surface area contributed by atoms with Crippen LogP contribution >= 0.6 is 0 Å². The van der Waals surface area contributed by atoms with Crippen molar-refractivity contribution in [1.29, 1.82) is 0 Å². The minimum atomic E-state index is -1.02. The van der Waals surface area contributed by atoms with E-state index in [1.165, 1.54) is 0 Å². The molecule has 0 amide bonds. The Kier molecular flexibility index (Phi) is 4.49. The third kappa shape index (κ3) is 4.03. The van der Waals surface area contributed by atoms with E-state index >= 15 is 0 Å². The van der Waals surface area contributed by atoms with Gasteiger partial charge >= 0.3 is 5.97 Å². The number of hydrogen-bond donors (Lipinski definition) is 2. The molecule has 0 aromatic carbocycles. The van der Waals surface area contributed by atoms with Gasteiger partial charge in [-0.25, -0.2) is 0 Å². The number of rotatable bonds is 5. The Morgan fingerprint density at radius 3 is 2.70 bits per heavy atom. The molecule has 4 heteroatoms. The van der Waals surface area contributed by atoms with E-state index in [0.717, 1.165) is 0 Å². The molecule has 0 heterocycles. The van der Waals surface area contributed by atoms with Gasteiger partial charge in [0.1, 0.15) is 6.04 Å². The molecule has 4 nitrogen and oxygen atoms in total. The van der Waals surface area contributed by atoms with Crippen LogP contribution in [0.25, 0.3) is 0 Å². The molecule has 0 aromatic rings. The van der Waals surface area contributed by atoms with Crippen LogP contribution in [0.4, 0.5) is 0 Å². The standard InChI is InChI=1S/C6H10NO3/c7-5(6(9)10)3-1-2-4-8/h5H,1-3,7H2,(H,9,10)/t5-/m1/s1. The maximum atomic E-state index is 10.1. The fourth-order valence-corrected chi connectivity index (χ4v) is 0.518. The first-order valence-electron chi connectivity index (χ1n) is 3.02. The molecule has 0 aliphatic heterocycles. The molecular formula is C6H10NO3. The summed E-state index contributed by atoms with van der Waals surface area (Å²) in [5.41, 5.74) is 5.13. The Morgan fingerprint density at radius 2 is 2.30 bits per heavy atom. The summed E-state index contributed by atoms with van der Waals surface area (Å²) in [5.74, 6) is -1.02. The molecule has 1 atom stereocenters. The number of carbonyl (C=O) groups is 1. The Labute approximate surface area is 59.0 Å². The van der Waals surface area contributed by atoms with Crippen LogP contribution < -0.4 is 5.73 Å². The van der Waals surface area contributed by atoms with Gasteiger partial charge in [0, 0.05) is 6.42 Å². The highest BCUT2D eigenvalue weighted by molar-refractivity contribution is 5.73. The molecule has 0 aromatic heterocycles. The quantitative estimate of drug-likeness (QED) is 0.518. The van der Waals surface area contributed by atoms with Crippen molar-refractivity contribution in [3.63, 3.8) is 0 Å². The maximum absolute atomic E-state index is 10.1. The highest BCUT2D eigenvalue weighted by Crippen LogP contribution is 1.96. The second-order valence-electron chi connectivity index (χ2n) is 1.98. The van der Waals surface area contributed by atoms with Crippen LogP contribution in [0.2, 0.25) is 0 Å². The first kappa shape index (κ1) is 9.10. The molecule has 0 unspecified atom stereocenters. The predicted molar refractivity (Wildman–Crippen MR) is 35.2 cm³/mol. The van der Waals surface area contributed by atoms with Crippen molar-refractivity contribution < 1.29 is 14.7 Å². The van der Waals surface area contributed by atoms with E-state index in [1.54, 1.807) is 6.29 Å². The van der Waals surface area contributed by atoms with Crippen LogP contribution in [0, 0.1) is 0 Å². The molecule has 0 aliphatic rings. The fraction of sp³-hybridized carbons (Fsp3) is 0.667. The second-order valence-corrected chi connectivity index (χ2v) is 1.98. The van der Waals surface area contributed by atoms with E-state index in [1.807, 2.05) is 0 Å². The Morgan fingerprint density at radius 1 is 1.70 bits per heavy atom. The number of hydrogen-bond acceptors (Lipinski definition) is 3. The average Bonchev–Trinajstić information content (AvgIpc) is 1.88. The molecule has 0 rings (SSSR count). The lowest BCUT2D eigenvalue weighted by atomic mass is 10.1. The Bertz CT molecular complexity index is 124. The smallest absolute Gasteiger partial charge is 0.320 e. The summed E-state index contributed by atoms with van der Waals surface area (Å²) in [6.45, 7) is 0. The van der Waals surface area contributed by atoms with Crippen molar-refractivity contribution >= 4 is 12.3 Å².